The van der Waals surface area contributed by atoms with E-state index >= 15 is 0 Å². The number of ether oxygens (including phenoxy) is 2. The first-order valence-corrected chi connectivity index (χ1v) is 8.57. The molecule has 2 bridgehead atoms. The fourth-order valence-electron chi connectivity index (χ4n) is 4.22. The third kappa shape index (κ3) is 2.47. The Labute approximate surface area is 145 Å². The van der Waals surface area contributed by atoms with Crippen LogP contribution in [0.1, 0.15) is 23.4 Å². The molecule has 1 aromatic carbocycles. The normalized spacial score (nSPS) is 26.1. The first-order chi connectivity index (χ1) is 11.6. The van der Waals surface area contributed by atoms with Gasteiger partial charge in [0.05, 0.1) is 13.2 Å². The second-order valence-electron chi connectivity index (χ2n) is 6.65. The Morgan fingerprint density at radius 1 is 1.21 bits per heavy atom. The van der Waals surface area contributed by atoms with Crippen LogP contribution >= 0.6 is 11.6 Å². The number of hydrogen-bond acceptors (Lipinski definition) is 4. The van der Waals surface area contributed by atoms with Crippen LogP contribution in [0.3, 0.4) is 0 Å². The molecule has 5 nitrogen and oxygen atoms in total. The van der Waals surface area contributed by atoms with Crippen LogP contribution in [0.15, 0.2) is 22.6 Å². The molecule has 1 amide bonds. The van der Waals surface area contributed by atoms with Gasteiger partial charge in [-0.25, -0.2) is 0 Å². The maximum atomic E-state index is 12.9. The lowest BCUT2D eigenvalue weighted by Crippen LogP contribution is -2.47. The number of rotatable bonds is 3. The van der Waals surface area contributed by atoms with E-state index in [0.717, 1.165) is 31.3 Å². The molecule has 1 aromatic heterocycles. The summed E-state index contributed by atoms with van der Waals surface area (Å²) < 4.78 is 16.7. The number of furan rings is 1. The number of hydrogen-bond donors (Lipinski definition) is 0. The van der Waals surface area contributed by atoms with Crippen molar-refractivity contribution in [3.05, 3.63) is 29.0 Å². The van der Waals surface area contributed by atoms with Gasteiger partial charge in [0.2, 0.25) is 0 Å². The molecule has 2 aromatic rings. The van der Waals surface area contributed by atoms with Crippen LogP contribution in [0.25, 0.3) is 11.0 Å². The fourth-order valence-corrected chi connectivity index (χ4v) is 4.44. The molecular formula is C18H20ClNO4. The molecule has 1 aliphatic carbocycles. The van der Waals surface area contributed by atoms with E-state index in [-0.39, 0.29) is 12.0 Å². The quantitative estimate of drug-likeness (QED) is 0.849. The average molecular weight is 350 g/mol. The Balaban J connectivity index is 1.62. The molecule has 2 atom stereocenters. The Bertz CT molecular complexity index is 773. The average Bonchev–Trinajstić information content (AvgIpc) is 3.10. The Hall–Kier alpha value is -1.72. The molecular weight excluding hydrogens is 330 g/mol. The number of amides is 1. The van der Waals surface area contributed by atoms with Gasteiger partial charge in [0.25, 0.3) is 5.91 Å². The maximum Gasteiger partial charge on any atom is 0.289 e. The van der Waals surface area contributed by atoms with E-state index in [2.05, 4.69) is 0 Å². The number of halogens is 1. The number of nitrogens with zero attached hydrogens (tertiary/aromatic N) is 1. The second kappa shape index (κ2) is 5.97. The lowest BCUT2D eigenvalue weighted by molar-refractivity contribution is -0.0121. The second-order valence-corrected chi connectivity index (χ2v) is 7.08. The predicted molar refractivity (Wildman–Crippen MR) is 90.7 cm³/mol. The highest BCUT2D eigenvalue weighted by Crippen LogP contribution is 2.39. The van der Waals surface area contributed by atoms with Gasteiger partial charge in [-0.1, -0.05) is 11.6 Å². The summed E-state index contributed by atoms with van der Waals surface area (Å²) in [5, 5.41) is 1.33. The monoisotopic (exact) mass is 349 g/mol. The van der Waals surface area contributed by atoms with E-state index in [4.69, 9.17) is 25.5 Å². The van der Waals surface area contributed by atoms with Crippen LogP contribution in [0.4, 0.5) is 0 Å². The summed E-state index contributed by atoms with van der Waals surface area (Å²) >= 11 is 6.09. The smallest absolute Gasteiger partial charge is 0.289 e. The lowest BCUT2D eigenvalue weighted by Gasteiger charge is -2.36. The molecule has 2 heterocycles. The van der Waals surface area contributed by atoms with E-state index in [0.29, 0.717) is 34.0 Å². The molecule has 1 saturated heterocycles. The van der Waals surface area contributed by atoms with Crippen LogP contribution in [-0.4, -0.2) is 44.2 Å². The van der Waals surface area contributed by atoms with Crippen molar-refractivity contribution in [2.24, 2.45) is 11.8 Å². The molecule has 128 valence electrons. The molecule has 2 fully saturated rings. The van der Waals surface area contributed by atoms with Crippen molar-refractivity contribution in [2.45, 2.75) is 18.9 Å². The standard InChI is InChI=1S/C18H20ClNO4/c1-22-14-7-13(19)5-12-6-15(24-17(12)14)18(21)20-8-10-3-4-11(9-20)16(10)23-2/h5-7,10-11,16H,3-4,8-9H2,1-2H3. The summed E-state index contributed by atoms with van der Waals surface area (Å²) in [7, 11) is 3.32. The zero-order valence-corrected chi connectivity index (χ0v) is 14.5. The molecule has 6 heteroatoms. The number of piperidine rings is 1. The topological polar surface area (TPSA) is 51.9 Å². The highest BCUT2D eigenvalue weighted by atomic mass is 35.5. The van der Waals surface area contributed by atoms with Gasteiger partial charge in [0, 0.05) is 48.5 Å². The van der Waals surface area contributed by atoms with Crippen LogP contribution in [0, 0.1) is 11.8 Å². The molecule has 0 radical (unpaired) electrons. The van der Waals surface area contributed by atoms with Crippen LogP contribution < -0.4 is 4.74 Å². The summed E-state index contributed by atoms with van der Waals surface area (Å²) in [5.74, 6) is 1.64. The highest BCUT2D eigenvalue weighted by Gasteiger charge is 2.44. The van der Waals surface area contributed by atoms with E-state index in [1.807, 2.05) is 4.90 Å². The minimum absolute atomic E-state index is 0.0733. The number of methoxy groups -OCH3 is 2. The highest BCUT2D eigenvalue weighted by molar-refractivity contribution is 6.31. The first kappa shape index (κ1) is 15.8. The van der Waals surface area contributed by atoms with E-state index < -0.39 is 0 Å². The minimum atomic E-state index is -0.0733. The van der Waals surface area contributed by atoms with Gasteiger partial charge in [0.1, 0.15) is 0 Å². The van der Waals surface area contributed by atoms with E-state index in [1.165, 1.54) is 0 Å². The maximum absolute atomic E-state index is 12.9. The van der Waals surface area contributed by atoms with Gasteiger partial charge in [-0.2, -0.15) is 0 Å². The molecule has 2 aliphatic rings. The molecule has 1 aliphatic heterocycles. The Morgan fingerprint density at radius 3 is 2.54 bits per heavy atom. The zero-order chi connectivity index (χ0) is 16.8. The molecule has 4 rings (SSSR count). The van der Waals surface area contributed by atoms with Gasteiger partial charge in [-0.15, -0.1) is 0 Å². The molecule has 24 heavy (non-hydrogen) atoms. The molecule has 0 N–H and O–H groups in total. The van der Waals surface area contributed by atoms with E-state index in [9.17, 15) is 4.79 Å². The minimum Gasteiger partial charge on any atom is -0.493 e. The van der Waals surface area contributed by atoms with Crippen molar-refractivity contribution >= 4 is 28.5 Å². The predicted octanol–water partition coefficient (Wildman–Crippen LogP) is 3.59. The fraction of sp³-hybridized carbons (Fsp3) is 0.500. The van der Waals surface area contributed by atoms with Crippen molar-refractivity contribution in [1.29, 1.82) is 0 Å². The number of likely N-dealkylation sites (tertiary alicyclic amines) is 1. The SMILES string of the molecule is COc1cc(Cl)cc2cc(C(=O)N3CC4CCC(C3)C4OC)oc12. The number of benzene rings is 1. The number of fused-ring (bicyclic) bond motifs is 3. The lowest BCUT2D eigenvalue weighted by atomic mass is 9.94. The summed E-state index contributed by atoms with van der Waals surface area (Å²) in [6, 6.07) is 5.21. The first-order valence-electron chi connectivity index (χ1n) is 8.20. The van der Waals surface area contributed by atoms with Crippen LogP contribution in [-0.2, 0) is 4.74 Å². The summed E-state index contributed by atoms with van der Waals surface area (Å²) in [6.45, 7) is 1.45. The van der Waals surface area contributed by atoms with Crippen molar-refractivity contribution in [1.82, 2.24) is 4.90 Å². The summed E-state index contributed by atoms with van der Waals surface area (Å²) in [6.07, 6.45) is 2.52. The van der Waals surface area contributed by atoms with Gasteiger partial charge >= 0.3 is 0 Å². The van der Waals surface area contributed by atoms with Crippen molar-refractivity contribution in [3.8, 4) is 5.75 Å². The van der Waals surface area contributed by atoms with Crippen LogP contribution in [0.5, 0.6) is 5.75 Å². The summed E-state index contributed by atoms with van der Waals surface area (Å²) in [5.41, 5.74) is 0.556. The number of carbonyl (C=O) groups excluding carboxylic acids is 1. The largest absolute Gasteiger partial charge is 0.493 e. The zero-order valence-electron chi connectivity index (χ0n) is 13.8. The Kier molecular flexibility index (Phi) is 3.93. The Morgan fingerprint density at radius 2 is 1.92 bits per heavy atom. The van der Waals surface area contributed by atoms with Crippen molar-refractivity contribution < 1.29 is 18.7 Å². The third-order valence-corrected chi connectivity index (χ3v) is 5.50. The van der Waals surface area contributed by atoms with E-state index in [1.54, 1.807) is 32.4 Å². The van der Waals surface area contributed by atoms with Gasteiger partial charge in [-0.3, -0.25) is 4.79 Å². The summed E-state index contributed by atoms with van der Waals surface area (Å²) in [4.78, 5) is 14.8. The molecule has 1 saturated carbocycles. The van der Waals surface area contributed by atoms with Crippen LogP contribution in [0.2, 0.25) is 5.02 Å². The molecule has 0 spiro atoms. The number of carbonyl (C=O) groups is 1. The molecule has 2 unspecified atom stereocenters. The van der Waals surface area contributed by atoms with Crippen molar-refractivity contribution in [3.63, 3.8) is 0 Å². The van der Waals surface area contributed by atoms with Crippen molar-refractivity contribution in [2.75, 3.05) is 27.3 Å². The van der Waals surface area contributed by atoms with Gasteiger partial charge in [-0.05, 0) is 25.0 Å². The van der Waals surface area contributed by atoms with Gasteiger partial charge < -0.3 is 18.8 Å². The third-order valence-electron chi connectivity index (χ3n) is 5.28. The van der Waals surface area contributed by atoms with Gasteiger partial charge in [0.15, 0.2) is 17.1 Å².